The molecular formula is C20H15NO2. The van der Waals surface area contributed by atoms with Crippen LogP contribution in [-0.4, -0.2) is 4.92 Å². The molecule has 1 unspecified atom stereocenters. The fraction of sp³-hybridized carbons (Fsp3) is 0.100. The number of rotatable bonds is 2. The van der Waals surface area contributed by atoms with Gasteiger partial charge in [-0.3, -0.25) is 10.1 Å². The van der Waals surface area contributed by atoms with Gasteiger partial charge in [-0.15, -0.1) is 0 Å². The van der Waals surface area contributed by atoms with E-state index in [2.05, 4.69) is 43.3 Å². The Labute approximate surface area is 134 Å². The smallest absolute Gasteiger partial charge is 0.258 e. The summed E-state index contributed by atoms with van der Waals surface area (Å²) in [4.78, 5) is 10.8. The van der Waals surface area contributed by atoms with E-state index in [4.69, 9.17) is 0 Å². The number of hydrogen-bond acceptors (Lipinski definition) is 2. The Bertz CT molecular complexity index is 913. The van der Waals surface area contributed by atoms with Crippen molar-refractivity contribution in [2.45, 2.75) is 12.8 Å². The number of fused-ring (bicyclic) bond motifs is 3. The summed E-state index contributed by atoms with van der Waals surface area (Å²) >= 11 is 0. The minimum absolute atomic E-state index is 0.0571. The summed E-state index contributed by atoms with van der Waals surface area (Å²) in [7, 11) is 0. The Kier molecular flexibility index (Phi) is 3.01. The third-order valence-corrected chi connectivity index (χ3v) is 4.53. The Morgan fingerprint density at radius 2 is 1.57 bits per heavy atom. The quantitative estimate of drug-likeness (QED) is 0.383. The summed E-state index contributed by atoms with van der Waals surface area (Å²) < 4.78 is 0. The first kappa shape index (κ1) is 13.7. The predicted octanol–water partition coefficient (Wildman–Crippen LogP) is 5.06. The molecule has 0 heterocycles. The van der Waals surface area contributed by atoms with Gasteiger partial charge in [0.05, 0.1) is 4.92 Å². The van der Waals surface area contributed by atoms with Crippen LogP contribution in [0.1, 0.15) is 28.2 Å². The summed E-state index contributed by atoms with van der Waals surface area (Å²) in [5.41, 5.74) is 7.02. The fourth-order valence-electron chi connectivity index (χ4n) is 3.43. The summed E-state index contributed by atoms with van der Waals surface area (Å²) in [6, 6.07) is 21.9. The lowest BCUT2D eigenvalue weighted by molar-refractivity contribution is -0.384. The zero-order valence-corrected chi connectivity index (χ0v) is 12.7. The summed E-state index contributed by atoms with van der Waals surface area (Å²) in [6.07, 6.45) is 0. The zero-order chi connectivity index (χ0) is 16.0. The van der Waals surface area contributed by atoms with Gasteiger partial charge in [0.1, 0.15) is 0 Å². The highest BCUT2D eigenvalue weighted by Crippen LogP contribution is 2.48. The van der Waals surface area contributed by atoms with Crippen LogP contribution >= 0.6 is 0 Å². The minimum atomic E-state index is -0.324. The van der Waals surface area contributed by atoms with Gasteiger partial charge in [-0.2, -0.15) is 0 Å². The van der Waals surface area contributed by atoms with Crippen molar-refractivity contribution in [3.8, 4) is 11.1 Å². The third kappa shape index (κ3) is 2.13. The molecule has 112 valence electrons. The van der Waals surface area contributed by atoms with Gasteiger partial charge in [-0.05, 0) is 40.8 Å². The Balaban J connectivity index is 1.97. The molecule has 0 aromatic heterocycles. The van der Waals surface area contributed by atoms with Gasteiger partial charge >= 0.3 is 0 Å². The number of benzene rings is 3. The van der Waals surface area contributed by atoms with Gasteiger partial charge in [0.25, 0.3) is 5.69 Å². The van der Waals surface area contributed by atoms with Gasteiger partial charge in [-0.25, -0.2) is 0 Å². The maximum Gasteiger partial charge on any atom is 0.269 e. The molecule has 1 aliphatic carbocycles. The maximum atomic E-state index is 11.2. The van der Waals surface area contributed by atoms with Crippen molar-refractivity contribution in [2.75, 3.05) is 0 Å². The van der Waals surface area contributed by atoms with Crippen LogP contribution in [0, 0.1) is 17.0 Å². The molecule has 0 bridgehead atoms. The Hall–Kier alpha value is -2.94. The molecule has 0 saturated carbocycles. The van der Waals surface area contributed by atoms with Crippen LogP contribution in [0.25, 0.3) is 11.1 Å². The van der Waals surface area contributed by atoms with Crippen LogP contribution in [0.4, 0.5) is 5.69 Å². The van der Waals surface area contributed by atoms with E-state index in [-0.39, 0.29) is 16.5 Å². The molecule has 4 rings (SSSR count). The second-order valence-corrected chi connectivity index (χ2v) is 5.96. The average molecular weight is 301 g/mol. The summed E-state index contributed by atoms with van der Waals surface area (Å²) in [5, 5.41) is 11.2. The van der Waals surface area contributed by atoms with Crippen LogP contribution < -0.4 is 0 Å². The molecule has 0 N–H and O–H groups in total. The molecule has 0 radical (unpaired) electrons. The molecule has 3 aromatic rings. The van der Waals surface area contributed by atoms with Crippen molar-refractivity contribution in [2.24, 2.45) is 0 Å². The normalized spacial score (nSPS) is 15.1. The zero-order valence-electron chi connectivity index (χ0n) is 12.7. The minimum Gasteiger partial charge on any atom is -0.258 e. The number of nitro groups is 1. The molecular weight excluding hydrogens is 286 g/mol. The lowest BCUT2D eigenvalue weighted by Crippen LogP contribution is -2.00. The third-order valence-electron chi connectivity index (χ3n) is 4.53. The molecule has 23 heavy (non-hydrogen) atoms. The first-order chi connectivity index (χ1) is 11.1. The van der Waals surface area contributed by atoms with Crippen molar-refractivity contribution in [1.82, 2.24) is 0 Å². The number of aryl methyl sites for hydroxylation is 1. The molecule has 3 aromatic carbocycles. The Morgan fingerprint density at radius 3 is 2.30 bits per heavy atom. The number of nitro benzene ring substituents is 1. The van der Waals surface area contributed by atoms with Gasteiger partial charge in [-0.1, -0.05) is 54.1 Å². The highest BCUT2D eigenvalue weighted by molar-refractivity contribution is 5.81. The van der Waals surface area contributed by atoms with E-state index in [1.807, 2.05) is 18.2 Å². The second kappa shape index (κ2) is 5.06. The van der Waals surface area contributed by atoms with Crippen molar-refractivity contribution in [3.63, 3.8) is 0 Å². The van der Waals surface area contributed by atoms with Gasteiger partial charge in [0.15, 0.2) is 0 Å². The Morgan fingerprint density at radius 1 is 0.870 bits per heavy atom. The van der Waals surface area contributed by atoms with Gasteiger partial charge < -0.3 is 0 Å². The average Bonchev–Trinajstić information content (AvgIpc) is 2.89. The van der Waals surface area contributed by atoms with Crippen LogP contribution in [0.15, 0.2) is 66.7 Å². The SMILES string of the molecule is Cc1ccc(C2c3ccccc3-c3ccc([N+](=O)[O-])cc32)cc1. The van der Waals surface area contributed by atoms with Crippen molar-refractivity contribution >= 4 is 5.69 Å². The molecule has 1 atom stereocenters. The molecule has 0 fully saturated rings. The van der Waals surface area contributed by atoms with Crippen molar-refractivity contribution < 1.29 is 4.92 Å². The van der Waals surface area contributed by atoms with E-state index in [1.54, 1.807) is 12.1 Å². The lowest BCUT2D eigenvalue weighted by atomic mass is 9.89. The van der Waals surface area contributed by atoms with Crippen LogP contribution in [0.2, 0.25) is 0 Å². The topological polar surface area (TPSA) is 43.1 Å². The van der Waals surface area contributed by atoms with Crippen LogP contribution in [0.3, 0.4) is 0 Å². The van der Waals surface area contributed by atoms with Crippen LogP contribution in [0.5, 0.6) is 0 Å². The number of nitrogens with zero attached hydrogens (tertiary/aromatic N) is 1. The number of hydrogen-bond donors (Lipinski definition) is 0. The summed E-state index contributed by atoms with van der Waals surface area (Å²) in [6.45, 7) is 2.06. The first-order valence-electron chi connectivity index (χ1n) is 7.59. The van der Waals surface area contributed by atoms with Crippen molar-refractivity contribution in [1.29, 1.82) is 0 Å². The van der Waals surface area contributed by atoms with Gasteiger partial charge in [0, 0.05) is 18.1 Å². The van der Waals surface area contributed by atoms with Gasteiger partial charge in [0.2, 0.25) is 0 Å². The largest absolute Gasteiger partial charge is 0.269 e. The van der Waals surface area contributed by atoms with Crippen LogP contribution in [-0.2, 0) is 0 Å². The fourth-order valence-corrected chi connectivity index (χ4v) is 3.43. The molecule has 3 heteroatoms. The first-order valence-corrected chi connectivity index (χ1v) is 7.59. The monoisotopic (exact) mass is 301 g/mol. The second-order valence-electron chi connectivity index (χ2n) is 5.96. The van der Waals surface area contributed by atoms with E-state index in [1.165, 1.54) is 22.3 Å². The predicted molar refractivity (Wildman–Crippen MR) is 90.7 cm³/mol. The highest BCUT2D eigenvalue weighted by Gasteiger charge is 2.31. The molecule has 3 nitrogen and oxygen atoms in total. The van der Waals surface area contributed by atoms with E-state index in [9.17, 15) is 10.1 Å². The van der Waals surface area contributed by atoms with Crippen molar-refractivity contribution in [3.05, 3.63) is 99.1 Å². The molecule has 0 aliphatic heterocycles. The van der Waals surface area contributed by atoms with E-state index < -0.39 is 0 Å². The molecule has 0 amide bonds. The molecule has 1 aliphatic rings. The lowest BCUT2D eigenvalue weighted by Gasteiger charge is -2.14. The number of non-ortho nitro benzene ring substituents is 1. The summed E-state index contributed by atoms with van der Waals surface area (Å²) in [5.74, 6) is 0.0571. The molecule has 0 spiro atoms. The van der Waals surface area contributed by atoms with E-state index >= 15 is 0 Å². The maximum absolute atomic E-state index is 11.2. The highest BCUT2D eigenvalue weighted by atomic mass is 16.6. The van der Waals surface area contributed by atoms with E-state index in [0.29, 0.717) is 0 Å². The van der Waals surface area contributed by atoms with E-state index in [0.717, 1.165) is 11.1 Å². The molecule has 0 saturated heterocycles. The standard InChI is InChI=1S/C20H15NO2/c1-13-6-8-14(9-7-13)20-18-5-3-2-4-16(18)17-11-10-15(21(22)23)12-19(17)20/h2-12,20H,1H3.